The molecule has 1 heterocycles. The molecule has 6 heteroatoms. The Bertz CT molecular complexity index is 881. The van der Waals surface area contributed by atoms with Crippen LogP contribution < -0.4 is 4.90 Å². The zero-order chi connectivity index (χ0) is 21.9. The number of hydrogen-bond donors (Lipinski definition) is 0. The van der Waals surface area contributed by atoms with Crippen LogP contribution in [-0.4, -0.2) is 17.9 Å². The Morgan fingerprint density at radius 1 is 0.714 bits per heavy atom. The van der Waals surface area contributed by atoms with Gasteiger partial charge in [0.15, 0.2) is 0 Å². The number of hydrogen-bond acceptors (Lipinski definition) is 2. The van der Waals surface area contributed by atoms with Gasteiger partial charge in [-0.1, -0.05) is 0 Å². The van der Waals surface area contributed by atoms with Crippen LogP contribution in [0.15, 0.2) is 0 Å². The maximum absolute atomic E-state index is 13.4. The molecule has 0 radical (unpaired) electrons. The molecule has 0 unspecified atom stereocenters. The molecule has 0 N–H and O–H groups in total. The SMILES string of the molecule is Cc1nc(C)c(N(C)C(=O)c2c(C)c(C)c(C)c(C)c2C)c(C)c1C.[I][V][I]. The summed E-state index contributed by atoms with van der Waals surface area (Å²) in [7, 11) is 2.49. The van der Waals surface area contributed by atoms with E-state index >= 15 is 0 Å². The van der Waals surface area contributed by atoms with Crippen molar-refractivity contribution in [3.8, 4) is 0 Å². The Labute approximate surface area is 199 Å². The average Bonchev–Trinajstić information content (AvgIpc) is 2.63. The van der Waals surface area contributed by atoms with E-state index in [4.69, 9.17) is 0 Å². The van der Waals surface area contributed by atoms with Gasteiger partial charge >= 0.3 is 49.4 Å². The van der Waals surface area contributed by atoms with Gasteiger partial charge < -0.3 is 4.90 Å². The first kappa shape index (κ1) is 25.9. The number of benzene rings is 1. The van der Waals surface area contributed by atoms with Crippen molar-refractivity contribution in [3.05, 3.63) is 55.9 Å². The van der Waals surface area contributed by atoms with Crippen molar-refractivity contribution in [2.45, 2.75) is 62.3 Å². The summed E-state index contributed by atoms with van der Waals surface area (Å²) in [5.74, 6) is 0.0393. The van der Waals surface area contributed by atoms with Crippen LogP contribution in [0.2, 0.25) is 0 Å². The van der Waals surface area contributed by atoms with Gasteiger partial charge in [-0.15, -0.1) is 0 Å². The van der Waals surface area contributed by atoms with Crippen molar-refractivity contribution >= 4 is 51.6 Å². The van der Waals surface area contributed by atoms with E-state index in [-0.39, 0.29) is 5.91 Å². The Balaban J connectivity index is 0.00000122. The normalized spacial score (nSPS) is 10.3. The number of pyridine rings is 1. The molecule has 0 aliphatic heterocycles. The van der Waals surface area contributed by atoms with Gasteiger partial charge in [-0.25, -0.2) is 0 Å². The molecule has 28 heavy (non-hydrogen) atoms. The molecule has 153 valence electrons. The van der Waals surface area contributed by atoms with Crippen LogP contribution in [0.1, 0.15) is 60.7 Å². The van der Waals surface area contributed by atoms with Crippen molar-refractivity contribution in [1.82, 2.24) is 4.98 Å². The number of carbonyl (C=O) groups excluding carboxylic acids is 1. The van der Waals surface area contributed by atoms with Crippen LogP contribution >= 0.6 is 40.0 Å². The minimum absolute atomic E-state index is 0.0393. The van der Waals surface area contributed by atoms with Gasteiger partial charge in [-0.3, -0.25) is 9.78 Å². The molecular formula is C22H30I2N2OV. The van der Waals surface area contributed by atoms with E-state index in [1.54, 1.807) is 4.90 Å². The van der Waals surface area contributed by atoms with E-state index in [9.17, 15) is 4.79 Å². The van der Waals surface area contributed by atoms with Crippen molar-refractivity contribution in [1.29, 1.82) is 0 Å². The molecule has 2 rings (SSSR count). The fourth-order valence-corrected chi connectivity index (χ4v) is 3.69. The molecule has 0 spiro atoms. The fourth-order valence-electron chi connectivity index (χ4n) is 3.69. The molecule has 1 aromatic heterocycles. The molecule has 0 atom stereocenters. The van der Waals surface area contributed by atoms with Gasteiger partial charge in [0.25, 0.3) is 5.91 Å². The summed E-state index contributed by atoms with van der Waals surface area (Å²) in [5.41, 5.74) is 11.7. The third-order valence-corrected chi connectivity index (χ3v) is 5.99. The third kappa shape index (κ3) is 5.13. The number of carbonyl (C=O) groups is 1. The Morgan fingerprint density at radius 3 is 1.54 bits per heavy atom. The third-order valence-electron chi connectivity index (χ3n) is 5.99. The Hall–Kier alpha value is -0.116. The zero-order valence-corrected chi connectivity index (χ0v) is 24.2. The second-order valence-corrected chi connectivity index (χ2v) is 19.1. The van der Waals surface area contributed by atoms with E-state index in [1.807, 2.05) is 34.7 Å². The standard InChI is InChI=1S/C22H30N2O.2HI.V/c1-11-12(2)15(5)20(16(6)13(11)3)22(25)24(10)21-17(7)14(4)18(8)23-19(21)9;;;/h1-10H3;2*1H;/q;;;+2/p-2. The van der Waals surface area contributed by atoms with Gasteiger partial charge in [0.1, 0.15) is 0 Å². The summed E-state index contributed by atoms with van der Waals surface area (Å²) in [5, 5.41) is 0. The summed E-state index contributed by atoms with van der Waals surface area (Å²) in [6.45, 7) is 18.6. The van der Waals surface area contributed by atoms with Crippen molar-refractivity contribution in [2.24, 2.45) is 0 Å². The van der Waals surface area contributed by atoms with Gasteiger partial charge in [0, 0.05) is 18.3 Å². The fraction of sp³-hybridized carbons (Fsp3) is 0.455. The van der Waals surface area contributed by atoms with E-state index in [0.717, 1.165) is 44.9 Å². The molecule has 0 aliphatic carbocycles. The minimum atomic E-state index is 0.0393. The summed E-state index contributed by atoms with van der Waals surface area (Å²) in [6, 6.07) is 0. The van der Waals surface area contributed by atoms with Crippen LogP contribution in [0.25, 0.3) is 0 Å². The maximum atomic E-state index is 13.4. The van der Waals surface area contributed by atoms with E-state index in [1.165, 1.54) is 16.7 Å². The predicted octanol–water partition coefficient (Wildman–Crippen LogP) is 6.90. The second-order valence-electron chi connectivity index (χ2n) is 7.31. The predicted molar refractivity (Wildman–Crippen MR) is 134 cm³/mol. The first-order valence-corrected chi connectivity index (χ1v) is 18.1. The van der Waals surface area contributed by atoms with Crippen molar-refractivity contribution in [3.63, 3.8) is 0 Å². The first-order valence-electron chi connectivity index (χ1n) is 9.13. The van der Waals surface area contributed by atoms with Crippen LogP contribution in [0.3, 0.4) is 0 Å². The molecule has 3 nitrogen and oxygen atoms in total. The van der Waals surface area contributed by atoms with Crippen molar-refractivity contribution < 1.29 is 14.3 Å². The molecule has 0 bridgehead atoms. The molecule has 2 aromatic rings. The summed E-state index contributed by atoms with van der Waals surface area (Å²) in [6.07, 6.45) is 0. The summed E-state index contributed by atoms with van der Waals surface area (Å²) in [4.78, 5) is 19.8. The summed E-state index contributed by atoms with van der Waals surface area (Å²) >= 11 is 4.74. The number of aromatic nitrogens is 1. The topological polar surface area (TPSA) is 33.2 Å². The van der Waals surface area contributed by atoms with Gasteiger partial charge in [-0.2, -0.15) is 0 Å². The zero-order valence-electron chi connectivity index (χ0n) is 18.5. The van der Waals surface area contributed by atoms with Gasteiger partial charge in [0.2, 0.25) is 0 Å². The van der Waals surface area contributed by atoms with Gasteiger partial charge in [-0.05, 0) is 101 Å². The van der Waals surface area contributed by atoms with E-state index in [2.05, 4.69) is 79.6 Å². The quantitative estimate of drug-likeness (QED) is 0.334. The van der Waals surface area contributed by atoms with Crippen molar-refractivity contribution in [2.75, 3.05) is 11.9 Å². The monoisotopic (exact) mass is 643 g/mol. The average molecular weight is 643 g/mol. The number of anilines is 1. The Kier molecular flexibility index (Phi) is 9.98. The summed E-state index contributed by atoms with van der Waals surface area (Å²) < 4.78 is 0. The molecule has 1 aromatic carbocycles. The molecular weight excluding hydrogens is 613 g/mol. The molecule has 0 saturated heterocycles. The van der Waals surface area contributed by atoms with Gasteiger partial charge in [0.05, 0.1) is 11.4 Å². The number of rotatable bonds is 2. The van der Waals surface area contributed by atoms with Crippen LogP contribution in [-0.2, 0) is 9.47 Å². The van der Waals surface area contributed by atoms with E-state index < -0.39 is 0 Å². The number of amides is 1. The van der Waals surface area contributed by atoms with Crippen LogP contribution in [0.5, 0.6) is 0 Å². The van der Waals surface area contributed by atoms with Crippen LogP contribution in [0, 0.1) is 62.3 Å². The molecule has 0 aliphatic rings. The Morgan fingerprint density at radius 2 is 1.11 bits per heavy atom. The molecule has 1 amide bonds. The number of halogens is 2. The molecule has 0 fully saturated rings. The number of aryl methyl sites for hydroxylation is 2. The van der Waals surface area contributed by atoms with E-state index in [0.29, 0.717) is 9.47 Å². The first-order chi connectivity index (χ1) is 12.9. The second kappa shape index (κ2) is 10.8. The number of nitrogens with zero attached hydrogens (tertiary/aromatic N) is 2. The van der Waals surface area contributed by atoms with Crippen LogP contribution in [0.4, 0.5) is 5.69 Å². The molecule has 0 saturated carbocycles.